The van der Waals surface area contributed by atoms with Crippen molar-refractivity contribution in [2.24, 2.45) is 11.1 Å². The second-order valence-electron chi connectivity index (χ2n) is 2.49. The Labute approximate surface area is 67.9 Å². The summed E-state index contributed by atoms with van der Waals surface area (Å²) in [6.45, 7) is 0. The number of amidine groups is 1. The molecule has 0 atom stereocenters. The molecular weight excluding hydrogens is 181 g/mol. The fourth-order valence-corrected chi connectivity index (χ4v) is 0.831. The third-order valence-corrected chi connectivity index (χ3v) is 1.81. The third-order valence-electron chi connectivity index (χ3n) is 1.81. The smallest absolute Gasteiger partial charge is 0.387 e. The van der Waals surface area contributed by atoms with Crippen LogP contribution in [0.15, 0.2) is 0 Å². The average molecular weight is 189 g/mol. The van der Waals surface area contributed by atoms with Crippen molar-refractivity contribution in [1.82, 2.24) is 0 Å². The number of nitrogens with two attached hydrogens (primary N) is 1. The lowest BCUT2D eigenvalue weighted by atomic mass is 10.1. The van der Waals surface area contributed by atoms with Crippen LogP contribution in [0.25, 0.3) is 0 Å². The number of hydrogen-bond acceptors (Lipinski definition) is 1. The molecule has 0 aromatic rings. The molecule has 0 heterocycles. The molecular formula is C5H8ClF3N2. The van der Waals surface area contributed by atoms with Gasteiger partial charge in [-0.2, -0.15) is 13.2 Å². The van der Waals surface area contributed by atoms with Gasteiger partial charge in [-0.25, -0.2) is 0 Å². The van der Waals surface area contributed by atoms with E-state index in [2.05, 4.69) is 0 Å². The van der Waals surface area contributed by atoms with Crippen LogP contribution < -0.4 is 5.73 Å². The first kappa shape index (κ1) is 10.6. The van der Waals surface area contributed by atoms with Gasteiger partial charge in [0.05, 0.1) is 0 Å². The zero-order valence-corrected chi connectivity index (χ0v) is 6.35. The molecule has 0 saturated heterocycles. The number of alkyl halides is 3. The largest absolute Gasteiger partial charge is 0.401 e. The maximum absolute atomic E-state index is 11.9. The van der Waals surface area contributed by atoms with Gasteiger partial charge in [0, 0.05) is 0 Å². The van der Waals surface area contributed by atoms with E-state index in [9.17, 15) is 13.2 Å². The number of nitrogens with one attached hydrogen (secondary N) is 1. The zero-order chi connectivity index (χ0) is 7.99. The summed E-state index contributed by atoms with van der Waals surface area (Å²) in [4.78, 5) is 0. The van der Waals surface area contributed by atoms with Crippen LogP contribution in [0.1, 0.15) is 12.8 Å². The third kappa shape index (κ3) is 1.42. The summed E-state index contributed by atoms with van der Waals surface area (Å²) >= 11 is 0. The predicted molar refractivity (Wildman–Crippen MR) is 36.9 cm³/mol. The van der Waals surface area contributed by atoms with Crippen molar-refractivity contribution in [2.45, 2.75) is 19.0 Å². The van der Waals surface area contributed by atoms with Gasteiger partial charge in [0.2, 0.25) is 0 Å². The van der Waals surface area contributed by atoms with E-state index in [4.69, 9.17) is 11.1 Å². The molecule has 3 N–H and O–H groups in total. The first-order chi connectivity index (χ1) is 4.40. The van der Waals surface area contributed by atoms with Gasteiger partial charge in [0.15, 0.2) is 0 Å². The van der Waals surface area contributed by atoms with Crippen molar-refractivity contribution in [1.29, 1.82) is 5.41 Å². The van der Waals surface area contributed by atoms with Crippen molar-refractivity contribution in [3.8, 4) is 0 Å². The van der Waals surface area contributed by atoms with E-state index in [1.807, 2.05) is 0 Å². The molecule has 0 aromatic carbocycles. The summed E-state index contributed by atoms with van der Waals surface area (Å²) in [7, 11) is 0. The minimum atomic E-state index is -4.32. The molecule has 0 bridgehead atoms. The molecule has 1 saturated carbocycles. The van der Waals surface area contributed by atoms with Crippen LogP contribution in [0.2, 0.25) is 0 Å². The molecule has 1 rings (SSSR count). The van der Waals surface area contributed by atoms with Crippen molar-refractivity contribution < 1.29 is 13.2 Å². The van der Waals surface area contributed by atoms with E-state index < -0.39 is 17.4 Å². The van der Waals surface area contributed by atoms with Crippen LogP contribution in [0, 0.1) is 10.8 Å². The number of rotatable bonds is 1. The predicted octanol–water partition coefficient (Wildman–Crippen LogP) is 1.69. The van der Waals surface area contributed by atoms with Gasteiger partial charge in [-0.1, -0.05) is 0 Å². The molecule has 1 aliphatic rings. The highest BCUT2D eigenvalue weighted by Crippen LogP contribution is 2.57. The minimum Gasteiger partial charge on any atom is -0.387 e. The first-order valence-electron chi connectivity index (χ1n) is 2.81. The van der Waals surface area contributed by atoms with Gasteiger partial charge in [-0.3, -0.25) is 5.41 Å². The van der Waals surface area contributed by atoms with Gasteiger partial charge < -0.3 is 5.73 Å². The van der Waals surface area contributed by atoms with Crippen LogP contribution in [-0.4, -0.2) is 12.0 Å². The quantitative estimate of drug-likeness (QED) is 0.478. The Hall–Kier alpha value is -0.450. The maximum atomic E-state index is 11.9. The Morgan fingerprint density at radius 3 is 1.73 bits per heavy atom. The van der Waals surface area contributed by atoms with Crippen LogP contribution >= 0.6 is 12.4 Å². The lowest BCUT2D eigenvalue weighted by Crippen LogP contribution is -2.37. The van der Waals surface area contributed by atoms with Gasteiger partial charge in [0.25, 0.3) is 0 Å². The van der Waals surface area contributed by atoms with E-state index in [1.54, 1.807) is 0 Å². The van der Waals surface area contributed by atoms with Crippen molar-refractivity contribution >= 4 is 18.2 Å². The highest BCUT2D eigenvalue weighted by Gasteiger charge is 2.65. The second kappa shape index (κ2) is 2.55. The van der Waals surface area contributed by atoms with Crippen LogP contribution in [-0.2, 0) is 0 Å². The fourth-order valence-electron chi connectivity index (χ4n) is 0.831. The summed E-state index contributed by atoms with van der Waals surface area (Å²) in [5.74, 6) is -0.750. The van der Waals surface area contributed by atoms with Gasteiger partial charge in [-0.15, -0.1) is 12.4 Å². The molecule has 6 heteroatoms. The summed E-state index contributed by atoms with van der Waals surface area (Å²) in [6, 6.07) is 0. The molecule has 0 aliphatic heterocycles. The Morgan fingerprint density at radius 1 is 1.36 bits per heavy atom. The molecule has 0 unspecified atom stereocenters. The number of hydrogen-bond donors (Lipinski definition) is 2. The molecule has 1 aliphatic carbocycles. The van der Waals surface area contributed by atoms with E-state index in [0.717, 1.165) is 0 Å². The van der Waals surface area contributed by atoms with Crippen LogP contribution in [0.4, 0.5) is 13.2 Å². The SMILES string of the molecule is Cl.N=C(N)C1(C(F)(F)F)CC1. The Balaban J connectivity index is 0.000001000. The molecule has 0 aromatic heterocycles. The number of halogens is 4. The minimum absolute atomic E-state index is 0. The summed E-state index contributed by atoms with van der Waals surface area (Å²) in [5, 5.41) is 6.67. The molecule has 0 radical (unpaired) electrons. The summed E-state index contributed by atoms with van der Waals surface area (Å²) in [6.07, 6.45) is -4.36. The van der Waals surface area contributed by atoms with Gasteiger partial charge in [0.1, 0.15) is 11.3 Å². The monoisotopic (exact) mass is 188 g/mol. The van der Waals surface area contributed by atoms with Crippen LogP contribution in [0.3, 0.4) is 0 Å². The molecule has 11 heavy (non-hydrogen) atoms. The lowest BCUT2D eigenvalue weighted by molar-refractivity contribution is -0.165. The Morgan fingerprint density at radius 2 is 1.73 bits per heavy atom. The Kier molecular flexibility index (Phi) is 2.44. The highest BCUT2D eigenvalue weighted by molar-refractivity contribution is 5.87. The van der Waals surface area contributed by atoms with E-state index in [0.29, 0.717) is 0 Å². The van der Waals surface area contributed by atoms with Crippen molar-refractivity contribution in [3.05, 3.63) is 0 Å². The van der Waals surface area contributed by atoms with E-state index in [-0.39, 0.29) is 25.2 Å². The molecule has 2 nitrogen and oxygen atoms in total. The standard InChI is InChI=1S/C5H7F3N2.ClH/c6-5(7,8)4(1-2-4)3(9)10;/h1-2H2,(H3,9,10);1H. The van der Waals surface area contributed by atoms with Crippen molar-refractivity contribution in [3.63, 3.8) is 0 Å². The maximum Gasteiger partial charge on any atom is 0.401 e. The van der Waals surface area contributed by atoms with E-state index in [1.165, 1.54) is 0 Å². The Bertz CT molecular complexity index is 173. The zero-order valence-electron chi connectivity index (χ0n) is 5.53. The topological polar surface area (TPSA) is 49.9 Å². The first-order valence-corrected chi connectivity index (χ1v) is 2.81. The van der Waals surface area contributed by atoms with Gasteiger partial charge in [-0.05, 0) is 12.8 Å². The summed E-state index contributed by atoms with van der Waals surface area (Å²) < 4.78 is 35.8. The average Bonchev–Trinajstić information content (AvgIpc) is 2.36. The normalized spacial score (nSPS) is 20.3. The fraction of sp³-hybridized carbons (Fsp3) is 0.800. The lowest BCUT2D eigenvalue weighted by Gasteiger charge is -2.16. The molecule has 0 amide bonds. The molecule has 66 valence electrons. The van der Waals surface area contributed by atoms with Crippen molar-refractivity contribution in [2.75, 3.05) is 0 Å². The van der Waals surface area contributed by atoms with Gasteiger partial charge >= 0.3 is 6.18 Å². The highest BCUT2D eigenvalue weighted by atomic mass is 35.5. The molecule has 0 spiro atoms. The van der Waals surface area contributed by atoms with Crippen LogP contribution in [0.5, 0.6) is 0 Å². The second-order valence-corrected chi connectivity index (χ2v) is 2.49. The molecule has 1 fully saturated rings. The van der Waals surface area contributed by atoms with E-state index >= 15 is 0 Å². The summed E-state index contributed by atoms with van der Waals surface area (Å²) in [5.41, 5.74) is 2.83.